The van der Waals surface area contributed by atoms with Crippen LogP contribution in [0.4, 0.5) is 5.69 Å². The average molecular weight is 399 g/mol. The van der Waals surface area contributed by atoms with Gasteiger partial charge in [0, 0.05) is 29.6 Å². The average Bonchev–Trinajstić information content (AvgIpc) is 2.70. The molecular formula is C22H23ClN2O3. The molecule has 0 spiro atoms. The largest absolute Gasteiger partial charge is 0.461 e. The van der Waals surface area contributed by atoms with E-state index in [1.807, 2.05) is 18.2 Å². The van der Waals surface area contributed by atoms with E-state index in [0.717, 1.165) is 38.8 Å². The minimum Gasteiger partial charge on any atom is -0.461 e. The van der Waals surface area contributed by atoms with E-state index < -0.39 is 10.6 Å². The number of ether oxygens (including phenoxy) is 1. The zero-order chi connectivity index (χ0) is 19.7. The Morgan fingerprint density at radius 1 is 1.25 bits per heavy atom. The molecule has 0 N–H and O–H groups in total. The summed E-state index contributed by atoms with van der Waals surface area (Å²) >= 11 is 6.13. The third-order valence-electron chi connectivity index (χ3n) is 5.68. The minimum absolute atomic E-state index is 0.0708. The van der Waals surface area contributed by atoms with Gasteiger partial charge in [-0.2, -0.15) is 0 Å². The molecule has 1 fully saturated rings. The Kier molecular flexibility index (Phi) is 5.13. The molecule has 4 rings (SSSR count). The van der Waals surface area contributed by atoms with Crippen LogP contribution in [-0.4, -0.2) is 22.1 Å². The molecule has 146 valence electrons. The maximum absolute atomic E-state index is 11.7. The fraction of sp³-hybridized carbons (Fsp3) is 0.364. The van der Waals surface area contributed by atoms with E-state index in [1.54, 1.807) is 6.07 Å². The van der Waals surface area contributed by atoms with Crippen LogP contribution >= 0.6 is 11.6 Å². The molecule has 0 bridgehead atoms. The van der Waals surface area contributed by atoms with Gasteiger partial charge in [0.1, 0.15) is 0 Å². The molecule has 1 aliphatic heterocycles. The number of rotatable bonds is 5. The van der Waals surface area contributed by atoms with Gasteiger partial charge in [-0.05, 0) is 49.1 Å². The van der Waals surface area contributed by atoms with Crippen molar-refractivity contribution in [2.75, 3.05) is 6.54 Å². The third-order valence-corrected chi connectivity index (χ3v) is 5.90. The van der Waals surface area contributed by atoms with Crippen molar-refractivity contribution in [3.05, 3.63) is 74.3 Å². The first-order valence-corrected chi connectivity index (χ1v) is 10.1. The zero-order valence-electron chi connectivity index (χ0n) is 15.9. The highest BCUT2D eigenvalue weighted by molar-refractivity contribution is 6.31. The number of hydrogen-bond donors (Lipinski definition) is 0. The number of halogens is 1. The molecule has 28 heavy (non-hydrogen) atoms. The molecule has 1 unspecified atom stereocenters. The van der Waals surface area contributed by atoms with Gasteiger partial charge < -0.3 is 4.74 Å². The maximum atomic E-state index is 11.7. The van der Waals surface area contributed by atoms with Crippen LogP contribution in [0.15, 0.2) is 48.0 Å². The topological polar surface area (TPSA) is 55.6 Å². The van der Waals surface area contributed by atoms with Crippen molar-refractivity contribution in [2.45, 2.75) is 44.9 Å². The van der Waals surface area contributed by atoms with Gasteiger partial charge in [-0.25, -0.2) is 0 Å². The number of hydrogen-bond acceptors (Lipinski definition) is 4. The zero-order valence-corrected chi connectivity index (χ0v) is 16.6. The van der Waals surface area contributed by atoms with Gasteiger partial charge in [0.2, 0.25) is 5.75 Å². The summed E-state index contributed by atoms with van der Waals surface area (Å²) in [5.41, 5.74) is 2.36. The molecule has 0 radical (unpaired) electrons. The first-order chi connectivity index (χ1) is 13.5. The van der Waals surface area contributed by atoms with Gasteiger partial charge in [0.25, 0.3) is 0 Å². The second-order valence-corrected chi connectivity index (χ2v) is 7.80. The standard InChI is InChI=1S/C22H23ClN2O3/c1-2-24(15-16-8-4-3-5-9-16)22-11-7-6-10-18(22)12-17-13-19(23)14-20(25(26)27)21(17)28-22/h3-5,8-9,12-14H,2,6-7,10-11,15H2,1H3. The Balaban J connectivity index is 1.81. The van der Waals surface area contributed by atoms with Gasteiger partial charge in [0.05, 0.1) is 4.92 Å². The van der Waals surface area contributed by atoms with Crippen molar-refractivity contribution < 1.29 is 9.66 Å². The Morgan fingerprint density at radius 2 is 2.04 bits per heavy atom. The molecule has 0 saturated heterocycles. The van der Waals surface area contributed by atoms with Crippen LogP contribution in [0.25, 0.3) is 6.08 Å². The summed E-state index contributed by atoms with van der Waals surface area (Å²) in [5, 5.41) is 12.0. The fourth-order valence-corrected chi connectivity index (χ4v) is 4.59. The van der Waals surface area contributed by atoms with Crippen LogP contribution in [0.5, 0.6) is 5.75 Å². The van der Waals surface area contributed by atoms with Crippen molar-refractivity contribution >= 4 is 23.4 Å². The summed E-state index contributed by atoms with van der Waals surface area (Å²) in [5.74, 6) is 0.326. The number of nitrogens with zero attached hydrogens (tertiary/aromatic N) is 2. The predicted octanol–water partition coefficient (Wildman–Crippen LogP) is 5.82. The predicted molar refractivity (Wildman–Crippen MR) is 110 cm³/mol. The molecule has 0 amide bonds. The van der Waals surface area contributed by atoms with E-state index in [1.165, 1.54) is 17.2 Å². The summed E-state index contributed by atoms with van der Waals surface area (Å²) in [6, 6.07) is 13.4. The summed E-state index contributed by atoms with van der Waals surface area (Å²) < 4.78 is 6.55. The van der Waals surface area contributed by atoms with Crippen LogP contribution in [-0.2, 0) is 6.54 Å². The first-order valence-electron chi connectivity index (χ1n) is 9.70. The number of nitro benzene ring substituents is 1. The van der Waals surface area contributed by atoms with Gasteiger partial charge >= 0.3 is 5.69 Å². The highest BCUT2D eigenvalue weighted by Crippen LogP contribution is 2.49. The van der Waals surface area contributed by atoms with Crippen LogP contribution in [0.3, 0.4) is 0 Å². The van der Waals surface area contributed by atoms with Crippen molar-refractivity contribution in [3.8, 4) is 5.75 Å². The Labute approximate surface area is 169 Å². The number of nitro groups is 1. The molecule has 2 aromatic rings. The van der Waals surface area contributed by atoms with E-state index in [0.29, 0.717) is 16.3 Å². The lowest BCUT2D eigenvalue weighted by Crippen LogP contribution is -2.56. The van der Waals surface area contributed by atoms with Gasteiger partial charge in [-0.15, -0.1) is 0 Å². The summed E-state index contributed by atoms with van der Waals surface area (Å²) in [6.45, 7) is 3.62. The van der Waals surface area contributed by atoms with Gasteiger partial charge in [0.15, 0.2) is 5.72 Å². The summed E-state index contributed by atoms with van der Waals surface area (Å²) in [7, 11) is 0. The third kappa shape index (κ3) is 3.29. The van der Waals surface area contributed by atoms with Crippen molar-refractivity contribution in [1.29, 1.82) is 0 Å². The molecule has 6 heteroatoms. The molecular weight excluding hydrogens is 376 g/mol. The Bertz CT molecular complexity index is 929. The second-order valence-electron chi connectivity index (χ2n) is 7.36. The number of benzene rings is 2. The molecule has 0 aromatic heterocycles. The van der Waals surface area contributed by atoms with Crippen molar-refractivity contribution in [2.24, 2.45) is 0 Å². The van der Waals surface area contributed by atoms with Gasteiger partial charge in [-0.1, -0.05) is 48.9 Å². The van der Waals surface area contributed by atoms with E-state index >= 15 is 0 Å². The Hall–Kier alpha value is -2.37. The quantitative estimate of drug-likeness (QED) is 0.470. The van der Waals surface area contributed by atoms with E-state index in [-0.39, 0.29) is 5.69 Å². The highest BCUT2D eigenvalue weighted by Gasteiger charge is 2.47. The van der Waals surface area contributed by atoms with E-state index in [4.69, 9.17) is 16.3 Å². The highest BCUT2D eigenvalue weighted by atomic mass is 35.5. The first kappa shape index (κ1) is 19.0. The number of fused-ring (bicyclic) bond motifs is 2. The van der Waals surface area contributed by atoms with Crippen molar-refractivity contribution in [1.82, 2.24) is 4.90 Å². The molecule has 2 aromatic carbocycles. The van der Waals surface area contributed by atoms with Crippen LogP contribution < -0.4 is 4.74 Å². The minimum atomic E-state index is -0.644. The van der Waals surface area contributed by atoms with Crippen LogP contribution in [0.1, 0.15) is 43.7 Å². The van der Waals surface area contributed by atoms with Crippen LogP contribution in [0.2, 0.25) is 5.02 Å². The Morgan fingerprint density at radius 3 is 2.75 bits per heavy atom. The molecule has 2 aliphatic rings. The molecule has 1 saturated carbocycles. The summed E-state index contributed by atoms with van der Waals surface area (Å²) in [6.07, 6.45) is 5.92. The number of likely N-dealkylation sites (N-methyl/N-ethyl adjacent to an activating group) is 1. The lowest BCUT2D eigenvalue weighted by molar-refractivity contribution is -0.386. The fourth-order valence-electron chi connectivity index (χ4n) is 4.37. The molecule has 5 nitrogen and oxygen atoms in total. The maximum Gasteiger partial charge on any atom is 0.313 e. The van der Waals surface area contributed by atoms with Gasteiger partial charge in [-0.3, -0.25) is 15.0 Å². The van der Waals surface area contributed by atoms with Crippen molar-refractivity contribution in [3.63, 3.8) is 0 Å². The lowest BCUT2D eigenvalue weighted by Gasteiger charge is -2.49. The molecule has 1 heterocycles. The second kappa shape index (κ2) is 7.57. The monoisotopic (exact) mass is 398 g/mol. The normalized spacial score (nSPS) is 20.8. The lowest BCUT2D eigenvalue weighted by atomic mass is 9.81. The van der Waals surface area contributed by atoms with Crippen LogP contribution in [0, 0.1) is 10.1 Å². The van der Waals surface area contributed by atoms with E-state index in [9.17, 15) is 10.1 Å². The van der Waals surface area contributed by atoms with E-state index in [2.05, 4.69) is 30.0 Å². The SMILES string of the molecule is CCN(Cc1ccccc1)C12CCCCC1=Cc1cc(Cl)cc([N+](=O)[O-])c1O2. The summed E-state index contributed by atoms with van der Waals surface area (Å²) in [4.78, 5) is 13.5. The smallest absolute Gasteiger partial charge is 0.313 e. The molecule has 1 aliphatic carbocycles. The molecule has 1 atom stereocenters.